The fraction of sp³-hybridized carbons (Fsp3) is 0.524. The van der Waals surface area contributed by atoms with Gasteiger partial charge in [0.15, 0.2) is 0 Å². The number of thiophene rings is 1. The number of carboxylic acids is 1. The molecule has 0 spiro atoms. The number of carbonyl (C=O) groups is 1. The third kappa shape index (κ3) is 3.05. The molecule has 1 saturated heterocycles. The van der Waals surface area contributed by atoms with Crippen LogP contribution in [0.5, 0.6) is 0 Å². The first kappa shape index (κ1) is 17.2. The van der Waals surface area contributed by atoms with E-state index in [1.807, 2.05) is 6.21 Å². The van der Waals surface area contributed by atoms with Crippen LogP contribution in [0.2, 0.25) is 0 Å². The van der Waals surface area contributed by atoms with Crippen LogP contribution >= 0.6 is 11.3 Å². The number of carboxylic acid groups (broad SMARTS) is 1. The summed E-state index contributed by atoms with van der Waals surface area (Å²) in [6, 6.07) is 0. The number of rotatable bonds is 3. The SMILES string of the molecule is O=C(O)c1c(NC2CCCCO2)sc2c1C1CC3=C(C/N=C\2)C(C=CC3)C1. The molecular weight excluding hydrogens is 360 g/mol. The Morgan fingerprint density at radius 3 is 3.07 bits per heavy atom. The van der Waals surface area contributed by atoms with Crippen LogP contribution in [0.4, 0.5) is 5.00 Å². The van der Waals surface area contributed by atoms with E-state index in [1.165, 1.54) is 22.5 Å². The van der Waals surface area contributed by atoms with Gasteiger partial charge in [0.05, 0.1) is 17.0 Å². The Morgan fingerprint density at radius 2 is 2.30 bits per heavy atom. The fourth-order valence-electron chi connectivity index (χ4n) is 4.96. The lowest BCUT2D eigenvalue weighted by molar-refractivity contribution is 0.0344. The summed E-state index contributed by atoms with van der Waals surface area (Å²) in [6.45, 7) is 1.48. The van der Waals surface area contributed by atoms with Crippen molar-refractivity contribution in [2.24, 2.45) is 10.9 Å². The fourth-order valence-corrected chi connectivity index (χ4v) is 6.18. The highest BCUT2D eigenvalue weighted by atomic mass is 32.1. The van der Waals surface area contributed by atoms with E-state index in [2.05, 4.69) is 17.5 Å². The number of nitrogens with one attached hydrogen (secondary N) is 1. The topological polar surface area (TPSA) is 70.9 Å². The molecule has 3 unspecified atom stereocenters. The second kappa shape index (κ2) is 6.91. The summed E-state index contributed by atoms with van der Waals surface area (Å²) in [5.74, 6) is -0.183. The number of nitrogens with zero attached hydrogens (tertiary/aromatic N) is 1. The van der Waals surface area contributed by atoms with Crippen LogP contribution < -0.4 is 5.32 Å². The Labute approximate surface area is 162 Å². The Bertz CT molecular complexity index is 861. The summed E-state index contributed by atoms with van der Waals surface area (Å²) in [5, 5.41) is 14.2. The third-order valence-electron chi connectivity index (χ3n) is 6.20. The minimum Gasteiger partial charge on any atom is -0.478 e. The lowest BCUT2D eigenvalue weighted by Crippen LogP contribution is -2.27. The lowest BCUT2D eigenvalue weighted by atomic mass is 9.70. The average Bonchev–Trinajstić information content (AvgIpc) is 3.04. The van der Waals surface area contributed by atoms with Crippen LogP contribution in [0.15, 0.2) is 28.3 Å². The van der Waals surface area contributed by atoms with E-state index in [4.69, 9.17) is 9.73 Å². The zero-order chi connectivity index (χ0) is 18.4. The Hall–Kier alpha value is -1.92. The van der Waals surface area contributed by atoms with Gasteiger partial charge < -0.3 is 15.2 Å². The molecule has 3 atom stereocenters. The van der Waals surface area contributed by atoms with Crippen molar-refractivity contribution >= 4 is 28.5 Å². The Balaban J connectivity index is 1.57. The largest absolute Gasteiger partial charge is 0.478 e. The van der Waals surface area contributed by atoms with Crippen molar-refractivity contribution in [2.75, 3.05) is 18.5 Å². The zero-order valence-corrected chi connectivity index (χ0v) is 16.1. The minimum atomic E-state index is -0.848. The molecule has 1 aromatic heterocycles. The molecule has 3 aliphatic heterocycles. The number of aromatic carboxylic acids is 1. The summed E-state index contributed by atoms with van der Waals surface area (Å²) in [4.78, 5) is 18.0. The molecule has 1 fully saturated rings. The van der Waals surface area contributed by atoms with Crippen molar-refractivity contribution < 1.29 is 14.6 Å². The maximum atomic E-state index is 12.3. The molecule has 0 saturated carbocycles. The lowest BCUT2D eigenvalue weighted by Gasteiger charge is -2.34. The van der Waals surface area contributed by atoms with Crippen molar-refractivity contribution in [2.45, 2.75) is 50.7 Å². The first-order valence-corrected chi connectivity index (χ1v) is 10.7. The molecule has 27 heavy (non-hydrogen) atoms. The molecule has 6 rings (SSSR count). The Kier molecular flexibility index (Phi) is 4.40. The maximum absolute atomic E-state index is 12.3. The first-order chi connectivity index (χ1) is 13.2. The molecule has 5 aliphatic rings. The maximum Gasteiger partial charge on any atom is 0.339 e. The van der Waals surface area contributed by atoms with Crippen molar-refractivity contribution in [1.82, 2.24) is 0 Å². The summed E-state index contributed by atoms with van der Waals surface area (Å²) >= 11 is 1.52. The monoisotopic (exact) mass is 384 g/mol. The Morgan fingerprint density at radius 1 is 1.37 bits per heavy atom. The van der Waals surface area contributed by atoms with Gasteiger partial charge in [-0.05, 0) is 55.6 Å². The van der Waals surface area contributed by atoms with Crippen LogP contribution in [-0.4, -0.2) is 36.7 Å². The second-order valence-corrected chi connectivity index (χ2v) is 8.92. The zero-order valence-electron chi connectivity index (χ0n) is 15.2. The summed E-state index contributed by atoms with van der Waals surface area (Å²) in [6.07, 6.45) is 12.4. The van der Waals surface area contributed by atoms with Gasteiger partial charge in [0.1, 0.15) is 11.2 Å². The number of anilines is 1. The summed E-state index contributed by atoms with van der Waals surface area (Å²) in [5.41, 5.74) is 4.35. The van der Waals surface area contributed by atoms with Crippen LogP contribution in [0, 0.1) is 5.92 Å². The minimum absolute atomic E-state index is 0.0935. The molecule has 0 radical (unpaired) electrons. The van der Waals surface area contributed by atoms with Crippen molar-refractivity contribution in [3.63, 3.8) is 0 Å². The second-order valence-electron chi connectivity index (χ2n) is 7.86. The van der Waals surface area contributed by atoms with Crippen LogP contribution in [0.25, 0.3) is 0 Å². The predicted molar refractivity (Wildman–Crippen MR) is 107 cm³/mol. The van der Waals surface area contributed by atoms with E-state index in [0.717, 1.165) is 67.1 Å². The van der Waals surface area contributed by atoms with Gasteiger partial charge in [-0.1, -0.05) is 17.7 Å². The van der Waals surface area contributed by atoms with E-state index in [9.17, 15) is 9.90 Å². The van der Waals surface area contributed by atoms with Gasteiger partial charge in [-0.2, -0.15) is 0 Å². The number of hydrogen-bond donors (Lipinski definition) is 2. The number of ether oxygens (including phenoxy) is 1. The van der Waals surface area contributed by atoms with E-state index in [-0.39, 0.29) is 12.1 Å². The number of allylic oxidation sites excluding steroid dienone is 3. The molecule has 142 valence electrons. The van der Waals surface area contributed by atoms with Crippen LogP contribution in [0.3, 0.4) is 0 Å². The molecule has 2 aliphatic carbocycles. The van der Waals surface area contributed by atoms with Gasteiger partial charge in [0.2, 0.25) is 0 Å². The van der Waals surface area contributed by atoms with Gasteiger partial charge >= 0.3 is 5.97 Å². The molecule has 4 heterocycles. The molecular formula is C21H24N2O3S. The van der Waals surface area contributed by atoms with Gasteiger partial charge in [-0.25, -0.2) is 4.79 Å². The van der Waals surface area contributed by atoms with Crippen LogP contribution in [-0.2, 0) is 4.74 Å². The number of fused-ring (bicyclic) bond motifs is 1. The van der Waals surface area contributed by atoms with Gasteiger partial charge in [-0.15, -0.1) is 11.3 Å². The quantitative estimate of drug-likeness (QED) is 0.749. The van der Waals surface area contributed by atoms with Crippen molar-refractivity contribution in [3.05, 3.63) is 39.3 Å². The van der Waals surface area contributed by atoms with E-state index < -0.39 is 5.97 Å². The van der Waals surface area contributed by atoms with E-state index in [0.29, 0.717) is 11.5 Å². The van der Waals surface area contributed by atoms with Crippen molar-refractivity contribution in [3.8, 4) is 0 Å². The van der Waals surface area contributed by atoms with Gasteiger partial charge in [0, 0.05) is 18.7 Å². The first-order valence-electron chi connectivity index (χ1n) is 9.86. The van der Waals surface area contributed by atoms with Crippen molar-refractivity contribution in [1.29, 1.82) is 0 Å². The van der Waals surface area contributed by atoms with E-state index >= 15 is 0 Å². The van der Waals surface area contributed by atoms with Crippen LogP contribution in [0.1, 0.15) is 65.2 Å². The van der Waals surface area contributed by atoms with Gasteiger partial charge in [-0.3, -0.25) is 4.99 Å². The predicted octanol–water partition coefficient (Wildman–Crippen LogP) is 4.57. The molecule has 4 bridgehead atoms. The van der Waals surface area contributed by atoms with E-state index in [1.54, 1.807) is 0 Å². The van der Waals surface area contributed by atoms with Gasteiger partial charge in [0.25, 0.3) is 0 Å². The molecule has 2 N–H and O–H groups in total. The smallest absolute Gasteiger partial charge is 0.339 e. The highest BCUT2D eigenvalue weighted by Gasteiger charge is 2.36. The molecule has 6 heteroatoms. The highest BCUT2D eigenvalue weighted by Crippen LogP contribution is 2.49. The number of aliphatic imine (C=N–C) groups is 1. The summed E-state index contributed by atoms with van der Waals surface area (Å²) in [7, 11) is 0. The normalized spacial score (nSPS) is 30.3. The molecule has 5 nitrogen and oxygen atoms in total. The summed E-state index contributed by atoms with van der Waals surface area (Å²) < 4.78 is 5.79. The standard InChI is InChI=1S/C21H24N2O3S/c24-21(25)19-18-14-8-12-4-3-5-13(9-14)15(12)10-22-11-16(18)27-20(19)23-17-6-1-2-7-26-17/h3-4,11-12,14,17,23H,1-2,5-10H2,(H,24,25)/b22-11-. The molecule has 0 amide bonds. The average molecular weight is 385 g/mol. The molecule has 0 aromatic carbocycles. The molecule has 1 aromatic rings. The third-order valence-corrected chi connectivity index (χ3v) is 7.27. The number of hydrogen-bond acceptors (Lipinski definition) is 5. The highest BCUT2D eigenvalue weighted by molar-refractivity contribution is 7.18.